The van der Waals surface area contributed by atoms with Crippen LogP contribution in [0.1, 0.15) is 25.8 Å². The van der Waals surface area contributed by atoms with Crippen molar-refractivity contribution in [2.45, 2.75) is 32.7 Å². The first-order valence-corrected chi connectivity index (χ1v) is 6.09. The highest BCUT2D eigenvalue weighted by molar-refractivity contribution is 5.95. The molecule has 0 aromatic heterocycles. The van der Waals surface area contributed by atoms with E-state index < -0.39 is 0 Å². The summed E-state index contributed by atoms with van der Waals surface area (Å²) in [5.41, 5.74) is 8.66. The van der Waals surface area contributed by atoms with Gasteiger partial charge < -0.3 is 11.1 Å². The number of anilines is 2. The molecule has 1 aliphatic rings. The molecular weight excluding hydrogens is 214 g/mol. The Balaban J connectivity index is 2.22. The second-order valence-electron chi connectivity index (χ2n) is 4.54. The molecule has 1 atom stereocenters. The van der Waals surface area contributed by atoms with Crippen molar-refractivity contribution in [3.05, 3.63) is 23.8 Å². The molecular formula is C13H19N3O. The molecule has 0 saturated heterocycles. The molecule has 0 spiro atoms. The van der Waals surface area contributed by atoms with E-state index in [1.165, 1.54) is 0 Å². The number of hydrogen-bond acceptors (Lipinski definition) is 2. The molecule has 0 aliphatic carbocycles. The van der Waals surface area contributed by atoms with Gasteiger partial charge in [-0.15, -0.1) is 0 Å². The number of hydrogen-bond donors (Lipinski definition) is 2. The fourth-order valence-electron chi connectivity index (χ4n) is 2.28. The van der Waals surface area contributed by atoms with E-state index in [1.807, 2.05) is 30.0 Å². The average molecular weight is 233 g/mol. The highest BCUT2D eigenvalue weighted by atomic mass is 16.2. The Bertz CT molecular complexity index is 431. The molecule has 92 valence electrons. The number of rotatable bonds is 2. The van der Waals surface area contributed by atoms with Crippen LogP contribution in [-0.2, 0) is 6.42 Å². The first-order valence-electron chi connectivity index (χ1n) is 6.09. The van der Waals surface area contributed by atoms with Crippen molar-refractivity contribution < 1.29 is 4.79 Å². The molecule has 0 bridgehead atoms. The summed E-state index contributed by atoms with van der Waals surface area (Å²) in [6, 6.07) is 5.92. The van der Waals surface area contributed by atoms with E-state index >= 15 is 0 Å². The Morgan fingerprint density at radius 1 is 1.59 bits per heavy atom. The van der Waals surface area contributed by atoms with Gasteiger partial charge >= 0.3 is 6.03 Å². The van der Waals surface area contributed by atoms with E-state index in [0.717, 1.165) is 29.8 Å². The van der Waals surface area contributed by atoms with E-state index in [-0.39, 0.29) is 12.1 Å². The van der Waals surface area contributed by atoms with Gasteiger partial charge in [0.2, 0.25) is 0 Å². The van der Waals surface area contributed by atoms with Gasteiger partial charge in [-0.05, 0) is 43.5 Å². The Kier molecular flexibility index (Phi) is 3.22. The van der Waals surface area contributed by atoms with Crippen molar-refractivity contribution in [2.24, 2.45) is 0 Å². The Morgan fingerprint density at radius 2 is 2.35 bits per heavy atom. The van der Waals surface area contributed by atoms with Crippen molar-refractivity contribution in [3.63, 3.8) is 0 Å². The van der Waals surface area contributed by atoms with Crippen LogP contribution in [0.25, 0.3) is 0 Å². The second kappa shape index (κ2) is 4.65. The lowest BCUT2D eigenvalue weighted by molar-refractivity contribution is 0.245. The number of nitrogens with one attached hydrogen (secondary N) is 1. The number of amides is 2. The van der Waals surface area contributed by atoms with Crippen LogP contribution in [-0.4, -0.2) is 18.6 Å². The van der Waals surface area contributed by atoms with E-state index in [2.05, 4.69) is 12.2 Å². The molecule has 0 saturated carbocycles. The molecule has 1 aromatic carbocycles. The van der Waals surface area contributed by atoms with Crippen LogP contribution in [0, 0.1) is 0 Å². The van der Waals surface area contributed by atoms with E-state index in [9.17, 15) is 4.79 Å². The zero-order valence-corrected chi connectivity index (χ0v) is 10.4. The third-order valence-corrected chi connectivity index (χ3v) is 3.06. The van der Waals surface area contributed by atoms with Gasteiger partial charge in [-0.1, -0.05) is 6.92 Å². The van der Waals surface area contributed by atoms with Crippen LogP contribution in [0.4, 0.5) is 16.2 Å². The van der Waals surface area contributed by atoms with Gasteiger partial charge in [0.25, 0.3) is 0 Å². The molecule has 3 N–H and O–H groups in total. The van der Waals surface area contributed by atoms with Gasteiger partial charge in [0.15, 0.2) is 0 Å². The summed E-state index contributed by atoms with van der Waals surface area (Å²) < 4.78 is 0. The fraction of sp³-hybridized carbons (Fsp3) is 0.462. The van der Waals surface area contributed by atoms with Crippen molar-refractivity contribution in [3.8, 4) is 0 Å². The number of nitrogen functional groups attached to an aromatic ring is 1. The Hall–Kier alpha value is -1.71. The van der Waals surface area contributed by atoms with E-state index in [1.54, 1.807) is 0 Å². The second-order valence-corrected chi connectivity index (χ2v) is 4.54. The smallest absolute Gasteiger partial charge is 0.322 e. The van der Waals surface area contributed by atoms with Gasteiger partial charge in [-0.2, -0.15) is 0 Å². The summed E-state index contributed by atoms with van der Waals surface area (Å²) in [5.74, 6) is 0. The summed E-state index contributed by atoms with van der Waals surface area (Å²) in [6.45, 7) is 4.82. The van der Waals surface area contributed by atoms with E-state index in [0.29, 0.717) is 6.54 Å². The molecule has 2 rings (SSSR count). The number of benzene rings is 1. The van der Waals surface area contributed by atoms with Crippen molar-refractivity contribution >= 4 is 17.4 Å². The summed E-state index contributed by atoms with van der Waals surface area (Å²) >= 11 is 0. The molecule has 1 aliphatic heterocycles. The van der Waals surface area contributed by atoms with Crippen molar-refractivity contribution in [2.75, 3.05) is 17.2 Å². The standard InChI is InChI=1S/C13H19N3O/c1-3-6-15-13(17)16-9(2)7-10-8-11(14)4-5-12(10)16/h4-5,8-9H,3,6-7,14H2,1-2H3,(H,15,17). The Morgan fingerprint density at radius 3 is 3.06 bits per heavy atom. The lowest BCUT2D eigenvalue weighted by Gasteiger charge is -2.23. The highest BCUT2D eigenvalue weighted by Gasteiger charge is 2.30. The third-order valence-electron chi connectivity index (χ3n) is 3.06. The normalized spacial score (nSPS) is 18.0. The van der Waals surface area contributed by atoms with Crippen LogP contribution >= 0.6 is 0 Å². The molecule has 17 heavy (non-hydrogen) atoms. The van der Waals surface area contributed by atoms with Crippen molar-refractivity contribution in [1.29, 1.82) is 0 Å². The molecule has 4 heteroatoms. The van der Waals surface area contributed by atoms with Crippen LogP contribution in [0.2, 0.25) is 0 Å². The van der Waals surface area contributed by atoms with Gasteiger partial charge in [0, 0.05) is 24.0 Å². The molecule has 0 fully saturated rings. The monoisotopic (exact) mass is 233 g/mol. The zero-order chi connectivity index (χ0) is 12.4. The molecule has 1 unspecified atom stereocenters. The van der Waals surface area contributed by atoms with Crippen LogP contribution in [0.15, 0.2) is 18.2 Å². The molecule has 1 heterocycles. The summed E-state index contributed by atoms with van der Waals surface area (Å²) in [5, 5.41) is 2.92. The number of urea groups is 1. The summed E-state index contributed by atoms with van der Waals surface area (Å²) in [4.78, 5) is 13.9. The van der Waals surface area contributed by atoms with Gasteiger partial charge in [-0.25, -0.2) is 4.79 Å². The topological polar surface area (TPSA) is 58.4 Å². The molecule has 0 radical (unpaired) electrons. The number of nitrogens with zero attached hydrogens (tertiary/aromatic N) is 1. The molecule has 1 aromatic rings. The fourth-order valence-corrected chi connectivity index (χ4v) is 2.28. The minimum absolute atomic E-state index is 0.0112. The maximum atomic E-state index is 12.0. The SMILES string of the molecule is CCCNC(=O)N1c2ccc(N)cc2CC1C. The lowest BCUT2D eigenvalue weighted by atomic mass is 10.1. The van der Waals surface area contributed by atoms with Crippen molar-refractivity contribution in [1.82, 2.24) is 5.32 Å². The molecule has 2 amide bonds. The van der Waals surface area contributed by atoms with E-state index in [4.69, 9.17) is 5.73 Å². The minimum Gasteiger partial charge on any atom is -0.399 e. The number of carbonyl (C=O) groups is 1. The first-order chi connectivity index (χ1) is 8.13. The van der Waals surface area contributed by atoms with Gasteiger partial charge in [0.05, 0.1) is 0 Å². The number of fused-ring (bicyclic) bond motifs is 1. The molecule has 4 nitrogen and oxygen atoms in total. The predicted octanol–water partition coefficient (Wildman–Crippen LogP) is 2.14. The lowest BCUT2D eigenvalue weighted by Crippen LogP contribution is -2.43. The largest absolute Gasteiger partial charge is 0.399 e. The van der Waals surface area contributed by atoms with Crippen LogP contribution < -0.4 is 16.0 Å². The Labute approximate surface area is 102 Å². The van der Waals surface area contributed by atoms with Gasteiger partial charge in [-0.3, -0.25) is 4.90 Å². The first kappa shape index (κ1) is 11.8. The average Bonchev–Trinajstić information content (AvgIpc) is 2.61. The maximum Gasteiger partial charge on any atom is 0.322 e. The van der Waals surface area contributed by atoms with Crippen LogP contribution in [0.5, 0.6) is 0 Å². The predicted molar refractivity (Wildman–Crippen MR) is 70.2 cm³/mol. The minimum atomic E-state index is -0.0112. The third kappa shape index (κ3) is 2.20. The summed E-state index contributed by atoms with van der Waals surface area (Å²) in [6.07, 6.45) is 1.82. The van der Waals surface area contributed by atoms with Gasteiger partial charge in [0.1, 0.15) is 0 Å². The summed E-state index contributed by atoms with van der Waals surface area (Å²) in [7, 11) is 0. The maximum absolute atomic E-state index is 12.0. The number of nitrogens with two attached hydrogens (primary N) is 1. The van der Waals surface area contributed by atoms with Crippen LogP contribution in [0.3, 0.4) is 0 Å². The zero-order valence-electron chi connectivity index (χ0n) is 10.4. The quantitative estimate of drug-likeness (QED) is 0.769. The number of carbonyl (C=O) groups excluding carboxylic acids is 1. The highest BCUT2D eigenvalue weighted by Crippen LogP contribution is 2.33.